The quantitative estimate of drug-likeness (QED) is 0.541. The summed E-state index contributed by atoms with van der Waals surface area (Å²) in [5.74, 6) is 3.32. The third kappa shape index (κ3) is 1.33. The first-order chi connectivity index (χ1) is 7.01. The average Bonchev–Trinajstić information content (AvgIpc) is 2.13. The molecule has 2 unspecified atom stereocenters. The van der Waals surface area contributed by atoms with Crippen LogP contribution in [0.3, 0.4) is 0 Å². The van der Waals surface area contributed by atoms with Gasteiger partial charge in [-0.1, -0.05) is 20.8 Å². The highest BCUT2D eigenvalue weighted by molar-refractivity contribution is 5.05. The standard InChI is InChI=1S/C15H26/c1-14(2,3)15-6-4-11-8-12(5-7-15)10-13(15)9-11/h11-13H,4-10H2,1-3H3. The molecule has 3 aliphatic rings. The SMILES string of the molecule is CC(C)(C)C12CCC3CC(CC1)CC2C3. The van der Waals surface area contributed by atoms with Gasteiger partial charge in [-0.15, -0.1) is 0 Å². The topological polar surface area (TPSA) is 0 Å². The van der Waals surface area contributed by atoms with Crippen molar-refractivity contribution in [2.75, 3.05) is 0 Å². The molecule has 3 saturated carbocycles. The van der Waals surface area contributed by atoms with E-state index in [9.17, 15) is 0 Å². The van der Waals surface area contributed by atoms with E-state index in [1.807, 2.05) is 0 Å². The molecule has 0 aromatic heterocycles. The fourth-order valence-electron chi connectivity index (χ4n) is 5.31. The van der Waals surface area contributed by atoms with Crippen LogP contribution in [0.2, 0.25) is 0 Å². The zero-order valence-corrected chi connectivity index (χ0v) is 10.7. The lowest BCUT2D eigenvalue weighted by atomic mass is 9.44. The van der Waals surface area contributed by atoms with E-state index in [0.717, 1.165) is 23.2 Å². The lowest BCUT2D eigenvalue weighted by Crippen LogP contribution is -2.52. The maximum atomic E-state index is 2.50. The van der Waals surface area contributed by atoms with Crippen molar-refractivity contribution in [3.63, 3.8) is 0 Å². The van der Waals surface area contributed by atoms with Crippen LogP contribution in [-0.4, -0.2) is 0 Å². The minimum Gasteiger partial charge on any atom is -0.0596 e. The Morgan fingerprint density at radius 1 is 0.867 bits per heavy atom. The Kier molecular flexibility index (Phi) is 2.05. The van der Waals surface area contributed by atoms with Gasteiger partial charge in [-0.2, -0.15) is 0 Å². The Bertz CT molecular complexity index is 242. The van der Waals surface area contributed by atoms with Crippen molar-refractivity contribution in [1.29, 1.82) is 0 Å². The Labute approximate surface area is 94.8 Å². The van der Waals surface area contributed by atoms with E-state index in [1.54, 1.807) is 44.9 Å². The molecule has 0 heterocycles. The minimum absolute atomic E-state index is 0.547. The third-order valence-corrected chi connectivity index (χ3v) is 6.17. The minimum atomic E-state index is 0.547. The van der Waals surface area contributed by atoms with Gasteiger partial charge < -0.3 is 0 Å². The summed E-state index contributed by atoms with van der Waals surface area (Å²) in [6.07, 6.45) is 10.9. The molecule has 0 saturated heterocycles. The normalized spacial score (nSPS) is 49.4. The molecule has 0 radical (unpaired) electrons. The molecular formula is C15H26. The second-order valence-electron chi connectivity index (χ2n) is 7.62. The van der Waals surface area contributed by atoms with E-state index in [1.165, 1.54) is 0 Å². The second-order valence-corrected chi connectivity index (χ2v) is 7.62. The molecule has 3 rings (SSSR count). The fourth-order valence-corrected chi connectivity index (χ4v) is 5.31. The average molecular weight is 206 g/mol. The molecule has 0 heteroatoms. The molecule has 0 aromatic rings. The number of hydrogen-bond donors (Lipinski definition) is 0. The zero-order valence-electron chi connectivity index (χ0n) is 10.7. The maximum absolute atomic E-state index is 2.50. The van der Waals surface area contributed by atoms with Crippen LogP contribution < -0.4 is 0 Å². The molecule has 0 spiro atoms. The predicted molar refractivity (Wildman–Crippen MR) is 64.7 cm³/mol. The third-order valence-electron chi connectivity index (χ3n) is 6.17. The van der Waals surface area contributed by atoms with Gasteiger partial charge in [0.1, 0.15) is 0 Å². The zero-order chi connectivity index (χ0) is 10.7. The van der Waals surface area contributed by atoms with Gasteiger partial charge >= 0.3 is 0 Å². The molecule has 86 valence electrons. The van der Waals surface area contributed by atoms with Crippen molar-refractivity contribution < 1.29 is 0 Å². The van der Waals surface area contributed by atoms with Crippen LogP contribution in [0, 0.1) is 28.6 Å². The first-order valence-electron chi connectivity index (χ1n) is 7.01. The van der Waals surface area contributed by atoms with Crippen molar-refractivity contribution in [3.8, 4) is 0 Å². The summed E-state index contributed by atoms with van der Waals surface area (Å²) < 4.78 is 0. The van der Waals surface area contributed by atoms with Crippen molar-refractivity contribution in [2.24, 2.45) is 28.6 Å². The van der Waals surface area contributed by atoms with E-state index in [-0.39, 0.29) is 0 Å². The second kappa shape index (κ2) is 3.02. The van der Waals surface area contributed by atoms with Crippen LogP contribution in [0.1, 0.15) is 65.7 Å². The van der Waals surface area contributed by atoms with E-state index in [4.69, 9.17) is 0 Å². The van der Waals surface area contributed by atoms with Gasteiger partial charge in [0, 0.05) is 0 Å². The number of fused-ring (bicyclic) bond motifs is 2. The summed E-state index contributed by atoms with van der Waals surface area (Å²) in [4.78, 5) is 0. The van der Waals surface area contributed by atoms with Crippen LogP contribution in [0.25, 0.3) is 0 Å². The van der Waals surface area contributed by atoms with Gasteiger partial charge in [-0.05, 0) is 73.5 Å². The summed E-state index contributed by atoms with van der Waals surface area (Å²) in [6, 6.07) is 0. The van der Waals surface area contributed by atoms with Crippen LogP contribution in [0.15, 0.2) is 0 Å². The highest BCUT2D eigenvalue weighted by Gasteiger charge is 2.55. The highest BCUT2D eigenvalue weighted by atomic mass is 14.6. The summed E-state index contributed by atoms with van der Waals surface area (Å²) in [5, 5.41) is 0. The molecule has 0 N–H and O–H groups in total. The molecular weight excluding hydrogens is 180 g/mol. The molecule has 3 bridgehead atoms. The number of rotatable bonds is 0. The lowest BCUT2D eigenvalue weighted by molar-refractivity contribution is -0.112. The Hall–Kier alpha value is 0. The predicted octanol–water partition coefficient (Wildman–Crippen LogP) is 4.64. The van der Waals surface area contributed by atoms with Gasteiger partial charge in [0.15, 0.2) is 0 Å². The lowest BCUT2D eigenvalue weighted by Gasteiger charge is -2.61. The van der Waals surface area contributed by atoms with Crippen LogP contribution in [-0.2, 0) is 0 Å². The molecule has 2 atom stereocenters. The van der Waals surface area contributed by atoms with Crippen LogP contribution >= 0.6 is 0 Å². The first-order valence-corrected chi connectivity index (χ1v) is 7.01. The number of hydrogen-bond acceptors (Lipinski definition) is 0. The van der Waals surface area contributed by atoms with E-state index in [0.29, 0.717) is 5.41 Å². The summed E-state index contributed by atoms with van der Waals surface area (Å²) >= 11 is 0. The van der Waals surface area contributed by atoms with E-state index < -0.39 is 0 Å². The van der Waals surface area contributed by atoms with Crippen molar-refractivity contribution in [3.05, 3.63) is 0 Å². The van der Waals surface area contributed by atoms with Crippen LogP contribution in [0.5, 0.6) is 0 Å². The van der Waals surface area contributed by atoms with Gasteiger partial charge in [0.25, 0.3) is 0 Å². The maximum Gasteiger partial charge on any atom is -0.0220 e. The smallest absolute Gasteiger partial charge is 0.0220 e. The van der Waals surface area contributed by atoms with Crippen molar-refractivity contribution >= 4 is 0 Å². The molecule has 0 aromatic carbocycles. The molecule has 0 nitrogen and oxygen atoms in total. The monoisotopic (exact) mass is 206 g/mol. The summed E-state index contributed by atoms with van der Waals surface area (Å²) in [5.41, 5.74) is 1.27. The van der Waals surface area contributed by atoms with Crippen molar-refractivity contribution in [2.45, 2.75) is 65.7 Å². The van der Waals surface area contributed by atoms with Crippen LogP contribution in [0.4, 0.5) is 0 Å². The molecule has 3 fully saturated rings. The molecule has 3 aliphatic carbocycles. The summed E-state index contributed by atoms with van der Waals surface area (Å²) in [7, 11) is 0. The first kappa shape index (κ1) is 10.2. The largest absolute Gasteiger partial charge is 0.0596 e. The Morgan fingerprint density at radius 2 is 1.40 bits per heavy atom. The fraction of sp³-hybridized carbons (Fsp3) is 1.00. The summed E-state index contributed by atoms with van der Waals surface area (Å²) in [6.45, 7) is 7.51. The molecule has 0 aliphatic heterocycles. The van der Waals surface area contributed by atoms with Gasteiger partial charge in [0.05, 0.1) is 0 Å². The van der Waals surface area contributed by atoms with Gasteiger partial charge in [0.2, 0.25) is 0 Å². The molecule has 0 amide bonds. The Morgan fingerprint density at radius 3 is 1.87 bits per heavy atom. The molecule has 15 heavy (non-hydrogen) atoms. The van der Waals surface area contributed by atoms with Gasteiger partial charge in [-0.3, -0.25) is 0 Å². The van der Waals surface area contributed by atoms with Gasteiger partial charge in [-0.25, -0.2) is 0 Å². The van der Waals surface area contributed by atoms with Crippen molar-refractivity contribution in [1.82, 2.24) is 0 Å². The highest BCUT2D eigenvalue weighted by Crippen LogP contribution is 2.65. The van der Waals surface area contributed by atoms with E-state index in [2.05, 4.69) is 20.8 Å². The van der Waals surface area contributed by atoms with E-state index >= 15 is 0 Å². The Balaban J connectivity index is 1.96.